The predicted molar refractivity (Wildman–Crippen MR) is 81.1 cm³/mol. The minimum Gasteiger partial charge on any atom is -0.320 e. The fraction of sp³-hybridized carbons (Fsp3) is 0.500. The fourth-order valence-electron chi connectivity index (χ4n) is 3.81. The quantitative estimate of drug-likeness (QED) is 0.629. The van der Waals surface area contributed by atoms with E-state index >= 15 is 0 Å². The molecule has 0 radical (unpaired) electrons. The van der Waals surface area contributed by atoms with Crippen LogP contribution in [-0.2, 0) is 9.59 Å². The number of carbonyl (C=O) groups excluding carboxylic acids is 3. The predicted octanol–water partition coefficient (Wildman–Crippen LogP) is 0.814. The van der Waals surface area contributed by atoms with Gasteiger partial charge in [0.25, 0.3) is 0 Å². The number of urea groups is 1. The molecule has 1 aromatic heterocycles. The molecule has 2 heterocycles. The Bertz CT molecular complexity index is 657. The Morgan fingerprint density at radius 3 is 2.39 bits per heavy atom. The zero-order valence-corrected chi connectivity index (χ0v) is 13.0. The van der Waals surface area contributed by atoms with Crippen LogP contribution in [0.15, 0.2) is 17.7 Å². The summed E-state index contributed by atoms with van der Waals surface area (Å²) in [6.07, 6.45) is 6.06. The summed E-state index contributed by atoms with van der Waals surface area (Å²) in [6, 6.07) is -0.515. The van der Waals surface area contributed by atoms with Gasteiger partial charge in [0.2, 0.25) is 16.9 Å². The van der Waals surface area contributed by atoms with Gasteiger partial charge in [0, 0.05) is 0 Å². The van der Waals surface area contributed by atoms with Crippen LogP contribution in [0.3, 0.4) is 0 Å². The lowest BCUT2D eigenvalue weighted by molar-refractivity contribution is -0.140. The van der Waals surface area contributed by atoms with Crippen molar-refractivity contribution in [2.24, 2.45) is 23.7 Å². The minimum absolute atomic E-state index is 0.116. The van der Waals surface area contributed by atoms with Crippen LogP contribution in [0.1, 0.15) is 12.8 Å². The second-order valence-corrected chi connectivity index (χ2v) is 6.81. The standard InChI is InChI=1S/C14H15N5O3S/c20-11-9-7-1-2-8(4-3-7)10(9)12(21)19(11)5-15-13(22)17-14-18-16-6-23-14/h1-2,6-10H,3-5H2,(H2,15,17,18,22)/t7-,8-,9-,10+/m0/s1. The summed E-state index contributed by atoms with van der Waals surface area (Å²) in [5.74, 6) is -0.535. The van der Waals surface area contributed by atoms with Gasteiger partial charge in [-0.25, -0.2) is 4.79 Å². The summed E-state index contributed by atoms with van der Waals surface area (Å²) in [5.41, 5.74) is 1.50. The Morgan fingerprint density at radius 1 is 1.22 bits per heavy atom. The van der Waals surface area contributed by atoms with E-state index in [4.69, 9.17) is 0 Å². The molecule has 2 bridgehead atoms. The van der Waals surface area contributed by atoms with Crippen LogP contribution >= 0.6 is 11.3 Å². The number of hydrogen-bond donors (Lipinski definition) is 2. The van der Waals surface area contributed by atoms with Crippen LogP contribution in [-0.4, -0.2) is 39.6 Å². The Balaban J connectivity index is 1.41. The molecule has 0 spiro atoms. The monoisotopic (exact) mass is 333 g/mol. The summed E-state index contributed by atoms with van der Waals surface area (Å²) in [4.78, 5) is 38.1. The molecule has 23 heavy (non-hydrogen) atoms. The van der Waals surface area contributed by atoms with E-state index in [-0.39, 0.29) is 42.2 Å². The molecular weight excluding hydrogens is 318 g/mol. The number of nitrogens with zero attached hydrogens (tertiary/aromatic N) is 3. The third-order valence-corrected chi connectivity index (χ3v) is 5.44. The van der Waals surface area contributed by atoms with Gasteiger partial charge in [0.15, 0.2) is 0 Å². The Morgan fingerprint density at radius 2 is 1.87 bits per heavy atom. The Labute approximate surface area is 135 Å². The van der Waals surface area contributed by atoms with Gasteiger partial charge in [0.1, 0.15) is 12.2 Å². The summed E-state index contributed by atoms with van der Waals surface area (Å²) >= 11 is 1.19. The van der Waals surface area contributed by atoms with Crippen molar-refractivity contribution in [1.29, 1.82) is 0 Å². The molecule has 1 saturated carbocycles. The number of anilines is 1. The Hall–Kier alpha value is -2.29. The molecule has 1 aliphatic heterocycles. The molecule has 0 unspecified atom stereocenters. The SMILES string of the molecule is O=C(NCN1C(=O)[C@@H]2[C@H](C1=O)[C@H]1C=C[C@H]2CC1)Nc1nncs1. The molecule has 5 rings (SSSR count). The second-order valence-electron chi connectivity index (χ2n) is 5.98. The number of aromatic nitrogens is 2. The number of hydrogen-bond acceptors (Lipinski definition) is 6. The van der Waals surface area contributed by atoms with E-state index in [2.05, 4.69) is 33.0 Å². The lowest BCUT2D eigenvalue weighted by atomic mass is 9.63. The zero-order valence-electron chi connectivity index (χ0n) is 12.1. The number of likely N-dealkylation sites (tertiary alicyclic amines) is 1. The lowest BCUT2D eigenvalue weighted by Gasteiger charge is -2.38. The maximum absolute atomic E-state index is 12.5. The van der Waals surface area contributed by atoms with Gasteiger partial charge in [0.05, 0.1) is 11.8 Å². The molecule has 4 atom stereocenters. The van der Waals surface area contributed by atoms with Crippen LogP contribution < -0.4 is 10.6 Å². The maximum Gasteiger partial charge on any atom is 0.322 e. The molecule has 1 saturated heterocycles. The van der Waals surface area contributed by atoms with Gasteiger partial charge in [-0.1, -0.05) is 23.5 Å². The molecule has 4 amide bonds. The van der Waals surface area contributed by atoms with Crippen LogP contribution in [0.25, 0.3) is 0 Å². The summed E-state index contributed by atoms with van der Waals surface area (Å²) in [7, 11) is 0. The number of rotatable bonds is 3. The molecule has 4 aliphatic rings. The van der Waals surface area contributed by atoms with Crippen molar-refractivity contribution in [3.05, 3.63) is 17.7 Å². The summed E-state index contributed by atoms with van der Waals surface area (Å²) in [6.45, 7) is -0.116. The molecule has 120 valence electrons. The van der Waals surface area contributed by atoms with Crippen molar-refractivity contribution >= 4 is 34.3 Å². The van der Waals surface area contributed by atoms with Crippen molar-refractivity contribution in [1.82, 2.24) is 20.4 Å². The Kier molecular flexibility index (Phi) is 3.37. The first kappa shape index (κ1) is 14.3. The normalized spacial score (nSPS) is 31.4. The number of carbonyl (C=O) groups is 3. The molecule has 8 nitrogen and oxygen atoms in total. The maximum atomic E-state index is 12.5. The van der Waals surface area contributed by atoms with E-state index in [0.717, 1.165) is 12.8 Å². The molecule has 2 fully saturated rings. The van der Waals surface area contributed by atoms with Gasteiger partial charge in [-0.15, -0.1) is 10.2 Å². The molecule has 3 aliphatic carbocycles. The third kappa shape index (κ3) is 2.31. The number of fused-ring (bicyclic) bond motifs is 1. The topological polar surface area (TPSA) is 104 Å². The van der Waals surface area contributed by atoms with Gasteiger partial charge in [-0.05, 0) is 24.7 Å². The minimum atomic E-state index is -0.515. The number of imide groups is 1. The molecule has 1 aromatic rings. The van der Waals surface area contributed by atoms with Crippen LogP contribution in [0.4, 0.5) is 9.93 Å². The second kappa shape index (κ2) is 5.41. The average Bonchev–Trinajstić information content (AvgIpc) is 3.16. The molecule has 9 heteroatoms. The largest absolute Gasteiger partial charge is 0.322 e. The highest BCUT2D eigenvalue weighted by atomic mass is 32.1. The molecule has 0 aromatic carbocycles. The van der Waals surface area contributed by atoms with E-state index in [9.17, 15) is 14.4 Å². The summed E-state index contributed by atoms with van der Waals surface area (Å²) < 4.78 is 0. The number of amides is 4. The first-order valence-electron chi connectivity index (χ1n) is 7.49. The highest BCUT2D eigenvalue weighted by molar-refractivity contribution is 7.13. The van der Waals surface area contributed by atoms with E-state index in [1.165, 1.54) is 21.7 Å². The average molecular weight is 333 g/mol. The first-order valence-corrected chi connectivity index (χ1v) is 8.37. The van der Waals surface area contributed by atoms with Crippen LogP contribution in [0, 0.1) is 23.7 Å². The van der Waals surface area contributed by atoms with Gasteiger partial charge in [-0.3, -0.25) is 19.8 Å². The van der Waals surface area contributed by atoms with E-state index in [1.807, 2.05) is 0 Å². The van der Waals surface area contributed by atoms with Gasteiger partial charge >= 0.3 is 6.03 Å². The van der Waals surface area contributed by atoms with E-state index in [0.29, 0.717) is 5.13 Å². The van der Waals surface area contributed by atoms with Gasteiger partial charge < -0.3 is 5.32 Å². The van der Waals surface area contributed by atoms with E-state index < -0.39 is 6.03 Å². The highest BCUT2D eigenvalue weighted by Gasteiger charge is 2.56. The van der Waals surface area contributed by atoms with Crippen molar-refractivity contribution < 1.29 is 14.4 Å². The zero-order chi connectivity index (χ0) is 16.0. The third-order valence-electron chi connectivity index (χ3n) is 4.83. The van der Waals surface area contributed by atoms with E-state index in [1.54, 1.807) is 0 Å². The van der Waals surface area contributed by atoms with Crippen LogP contribution in [0.5, 0.6) is 0 Å². The van der Waals surface area contributed by atoms with Gasteiger partial charge in [-0.2, -0.15) is 0 Å². The highest BCUT2D eigenvalue weighted by Crippen LogP contribution is 2.49. The lowest BCUT2D eigenvalue weighted by Crippen LogP contribution is -2.43. The van der Waals surface area contributed by atoms with Crippen molar-refractivity contribution in [2.75, 3.05) is 12.0 Å². The number of nitrogens with one attached hydrogen (secondary N) is 2. The van der Waals surface area contributed by atoms with Crippen molar-refractivity contribution in [3.8, 4) is 0 Å². The summed E-state index contributed by atoms with van der Waals surface area (Å²) in [5, 5.41) is 12.7. The smallest absolute Gasteiger partial charge is 0.320 e. The van der Waals surface area contributed by atoms with Crippen molar-refractivity contribution in [3.63, 3.8) is 0 Å². The fourth-order valence-corrected chi connectivity index (χ4v) is 4.25. The van der Waals surface area contributed by atoms with Crippen molar-refractivity contribution in [2.45, 2.75) is 12.8 Å². The molecule has 2 N–H and O–H groups in total. The first-order chi connectivity index (χ1) is 11.1. The number of allylic oxidation sites excluding steroid dienone is 2. The molecular formula is C14H15N5O3S. The van der Waals surface area contributed by atoms with Crippen LogP contribution in [0.2, 0.25) is 0 Å².